The van der Waals surface area contributed by atoms with Crippen molar-refractivity contribution in [3.8, 4) is 0 Å². The summed E-state index contributed by atoms with van der Waals surface area (Å²) < 4.78 is 0. The molecule has 1 amide bonds. The Kier molecular flexibility index (Phi) is 3.17. The molecule has 2 fully saturated rings. The number of nitro benzene ring substituents is 1. The van der Waals surface area contributed by atoms with Crippen molar-refractivity contribution in [2.75, 3.05) is 26.2 Å². The van der Waals surface area contributed by atoms with E-state index < -0.39 is 4.92 Å². The minimum absolute atomic E-state index is 0.0623. The molecule has 20 heavy (non-hydrogen) atoms. The molecule has 0 aromatic heterocycles. The fourth-order valence-electron chi connectivity index (χ4n) is 3.27. The van der Waals surface area contributed by atoms with E-state index in [0.29, 0.717) is 30.5 Å². The summed E-state index contributed by atoms with van der Waals surface area (Å²) >= 11 is 0. The molecule has 1 N–H and O–H groups in total. The minimum Gasteiger partial charge on any atom is -0.338 e. The lowest BCUT2D eigenvalue weighted by atomic mass is 10.0. The second-order valence-corrected chi connectivity index (χ2v) is 5.62. The first-order valence-corrected chi connectivity index (χ1v) is 6.82. The first-order chi connectivity index (χ1) is 9.58. The number of rotatable bonds is 2. The number of benzene rings is 1. The van der Waals surface area contributed by atoms with Crippen LogP contribution in [0.15, 0.2) is 18.2 Å². The van der Waals surface area contributed by atoms with Crippen molar-refractivity contribution in [3.05, 3.63) is 39.4 Å². The molecule has 0 saturated carbocycles. The monoisotopic (exact) mass is 275 g/mol. The van der Waals surface area contributed by atoms with E-state index in [0.717, 1.165) is 13.1 Å². The molecule has 0 spiro atoms. The highest BCUT2D eigenvalue weighted by atomic mass is 16.6. The Morgan fingerprint density at radius 3 is 2.60 bits per heavy atom. The Morgan fingerprint density at radius 1 is 1.35 bits per heavy atom. The van der Waals surface area contributed by atoms with Gasteiger partial charge in [0.15, 0.2) is 0 Å². The predicted octanol–water partition coefficient (Wildman–Crippen LogP) is 1.19. The molecule has 106 valence electrons. The van der Waals surface area contributed by atoms with Gasteiger partial charge in [0.1, 0.15) is 5.56 Å². The van der Waals surface area contributed by atoms with Gasteiger partial charge in [-0.05, 0) is 24.8 Å². The van der Waals surface area contributed by atoms with E-state index in [1.54, 1.807) is 30.0 Å². The number of hydrogen-bond donors (Lipinski definition) is 1. The van der Waals surface area contributed by atoms with E-state index in [-0.39, 0.29) is 17.2 Å². The second kappa shape index (κ2) is 4.86. The molecule has 2 atom stereocenters. The average molecular weight is 275 g/mol. The van der Waals surface area contributed by atoms with Crippen molar-refractivity contribution in [1.29, 1.82) is 0 Å². The van der Waals surface area contributed by atoms with Gasteiger partial charge in [-0.1, -0.05) is 12.1 Å². The highest BCUT2D eigenvalue weighted by molar-refractivity contribution is 5.98. The van der Waals surface area contributed by atoms with Crippen LogP contribution in [0.5, 0.6) is 0 Å². The van der Waals surface area contributed by atoms with Gasteiger partial charge in [0.2, 0.25) is 0 Å². The number of para-hydroxylation sites is 1. The molecule has 2 heterocycles. The van der Waals surface area contributed by atoms with Crippen LogP contribution in [0.1, 0.15) is 15.9 Å². The first-order valence-electron chi connectivity index (χ1n) is 6.82. The number of hydrogen-bond acceptors (Lipinski definition) is 4. The molecule has 2 aliphatic rings. The van der Waals surface area contributed by atoms with Gasteiger partial charge in [0.25, 0.3) is 11.6 Å². The van der Waals surface area contributed by atoms with E-state index in [9.17, 15) is 14.9 Å². The van der Waals surface area contributed by atoms with Crippen LogP contribution in [-0.2, 0) is 0 Å². The molecule has 2 aliphatic heterocycles. The molecular formula is C14H17N3O3. The Balaban J connectivity index is 1.88. The molecule has 2 saturated heterocycles. The Morgan fingerprint density at radius 2 is 2.00 bits per heavy atom. The number of carbonyl (C=O) groups excluding carboxylic acids is 1. The van der Waals surface area contributed by atoms with Crippen LogP contribution in [0.2, 0.25) is 0 Å². The van der Waals surface area contributed by atoms with E-state index in [1.807, 2.05) is 0 Å². The maximum absolute atomic E-state index is 12.6. The van der Waals surface area contributed by atoms with Crippen LogP contribution in [0, 0.1) is 28.9 Å². The van der Waals surface area contributed by atoms with Crippen molar-refractivity contribution in [2.24, 2.45) is 11.8 Å². The summed E-state index contributed by atoms with van der Waals surface area (Å²) in [7, 11) is 0. The maximum atomic E-state index is 12.6. The number of nitrogens with zero attached hydrogens (tertiary/aromatic N) is 2. The summed E-state index contributed by atoms with van der Waals surface area (Å²) in [6.45, 7) is 4.93. The molecule has 1 aromatic rings. The fraction of sp³-hybridized carbons (Fsp3) is 0.500. The number of carbonyl (C=O) groups is 1. The van der Waals surface area contributed by atoms with Crippen molar-refractivity contribution in [3.63, 3.8) is 0 Å². The Hall–Kier alpha value is -1.95. The van der Waals surface area contributed by atoms with Crippen LogP contribution in [0.3, 0.4) is 0 Å². The summed E-state index contributed by atoms with van der Waals surface area (Å²) in [5, 5.41) is 14.5. The first kappa shape index (κ1) is 13.1. The van der Waals surface area contributed by atoms with Crippen LogP contribution in [0.25, 0.3) is 0 Å². The van der Waals surface area contributed by atoms with Gasteiger partial charge < -0.3 is 10.2 Å². The fourth-order valence-corrected chi connectivity index (χ4v) is 3.27. The molecule has 1 aromatic carbocycles. The average Bonchev–Trinajstić information content (AvgIpc) is 2.97. The maximum Gasteiger partial charge on any atom is 0.285 e. The zero-order chi connectivity index (χ0) is 14.3. The highest BCUT2D eigenvalue weighted by Crippen LogP contribution is 2.30. The van der Waals surface area contributed by atoms with Crippen LogP contribution in [-0.4, -0.2) is 41.9 Å². The number of likely N-dealkylation sites (tertiary alicyclic amines) is 1. The third kappa shape index (κ3) is 2.06. The standard InChI is InChI=1S/C14H17N3O3/c1-9-3-2-4-12(13(9)17(19)20)14(18)16-7-10-5-15-6-11(10)8-16/h2-4,10-11,15H,5-8H2,1H3/t10-,11+. The van der Waals surface area contributed by atoms with Gasteiger partial charge in [-0.15, -0.1) is 0 Å². The number of amides is 1. The topological polar surface area (TPSA) is 75.5 Å². The smallest absolute Gasteiger partial charge is 0.285 e. The summed E-state index contributed by atoms with van der Waals surface area (Å²) in [5.41, 5.74) is 0.678. The number of nitrogens with one attached hydrogen (secondary N) is 1. The summed E-state index contributed by atoms with van der Waals surface area (Å²) in [5.74, 6) is 0.764. The normalized spacial score (nSPS) is 24.8. The molecule has 6 heteroatoms. The lowest BCUT2D eigenvalue weighted by Gasteiger charge is -2.17. The zero-order valence-corrected chi connectivity index (χ0v) is 11.3. The Labute approximate surface area is 116 Å². The summed E-state index contributed by atoms with van der Waals surface area (Å²) in [4.78, 5) is 25.0. The molecule has 0 bridgehead atoms. The van der Waals surface area contributed by atoms with Crippen LogP contribution in [0.4, 0.5) is 5.69 Å². The molecular weight excluding hydrogens is 258 g/mol. The largest absolute Gasteiger partial charge is 0.338 e. The molecule has 6 nitrogen and oxygen atoms in total. The van der Waals surface area contributed by atoms with E-state index >= 15 is 0 Å². The van der Waals surface area contributed by atoms with Gasteiger partial charge in [-0.3, -0.25) is 14.9 Å². The van der Waals surface area contributed by atoms with Gasteiger partial charge >= 0.3 is 0 Å². The lowest BCUT2D eigenvalue weighted by molar-refractivity contribution is -0.385. The lowest BCUT2D eigenvalue weighted by Crippen LogP contribution is -2.32. The van der Waals surface area contributed by atoms with Crippen molar-refractivity contribution < 1.29 is 9.72 Å². The van der Waals surface area contributed by atoms with Gasteiger partial charge in [0.05, 0.1) is 4.92 Å². The third-order valence-corrected chi connectivity index (χ3v) is 4.33. The van der Waals surface area contributed by atoms with Gasteiger partial charge in [-0.25, -0.2) is 0 Å². The summed E-state index contributed by atoms with van der Waals surface area (Å²) in [6, 6.07) is 4.92. The van der Waals surface area contributed by atoms with Gasteiger partial charge in [-0.2, -0.15) is 0 Å². The quantitative estimate of drug-likeness (QED) is 0.650. The molecule has 0 radical (unpaired) electrons. The van der Waals surface area contributed by atoms with Gasteiger partial charge in [0, 0.05) is 31.7 Å². The van der Waals surface area contributed by atoms with Crippen molar-refractivity contribution in [2.45, 2.75) is 6.92 Å². The molecule has 0 aliphatic carbocycles. The van der Waals surface area contributed by atoms with Crippen LogP contribution < -0.4 is 5.32 Å². The highest BCUT2D eigenvalue weighted by Gasteiger charge is 2.39. The SMILES string of the molecule is Cc1cccc(C(=O)N2C[C@H]3CNC[C@H]3C2)c1[N+](=O)[O-]. The summed E-state index contributed by atoms with van der Waals surface area (Å²) in [6.07, 6.45) is 0. The van der Waals surface area contributed by atoms with Crippen LogP contribution >= 0.6 is 0 Å². The van der Waals surface area contributed by atoms with E-state index in [4.69, 9.17) is 0 Å². The van der Waals surface area contributed by atoms with E-state index in [2.05, 4.69) is 5.32 Å². The Bertz CT molecular complexity index is 561. The van der Waals surface area contributed by atoms with E-state index in [1.165, 1.54) is 0 Å². The van der Waals surface area contributed by atoms with Crippen molar-refractivity contribution >= 4 is 11.6 Å². The number of fused-ring (bicyclic) bond motifs is 1. The number of aryl methyl sites for hydroxylation is 1. The second-order valence-electron chi connectivity index (χ2n) is 5.62. The zero-order valence-electron chi connectivity index (χ0n) is 11.3. The molecule has 0 unspecified atom stereocenters. The predicted molar refractivity (Wildman–Crippen MR) is 73.6 cm³/mol. The molecule has 3 rings (SSSR count). The minimum atomic E-state index is -0.457. The number of nitro groups is 1. The van der Waals surface area contributed by atoms with Crippen molar-refractivity contribution in [1.82, 2.24) is 10.2 Å². The third-order valence-electron chi connectivity index (χ3n) is 4.33.